The first-order valence-electron chi connectivity index (χ1n) is 5.76. The molecule has 0 N–H and O–H groups in total. The molecule has 0 aliphatic carbocycles. The fourth-order valence-electron chi connectivity index (χ4n) is 1.12. The summed E-state index contributed by atoms with van der Waals surface area (Å²) in [5.74, 6) is 0. The van der Waals surface area contributed by atoms with Crippen LogP contribution in [-0.4, -0.2) is 22.4 Å². The third-order valence-corrected chi connectivity index (χ3v) is 10.2. The van der Waals surface area contributed by atoms with E-state index in [0.717, 1.165) is 0 Å². The molecule has 0 heterocycles. The molecule has 0 aromatic heterocycles. The van der Waals surface area contributed by atoms with Crippen molar-refractivity contribution in [2.24, 2.45) is 0 Å². The van der Waals surface area contributed by atoms with E-state index in [1.807, 2.05) is 30.3 Å². The SMILES string of the molecule is C[SiH](C)[N-][Si](C)(C)C(C)(C)[O-].[Zr+3].c1cc[cH-]c1. The Kier molecular flexibility index (Phi) is 10.1. The summed E-state index contributed by atoms with van der Waals surface area (Å²) in [6.07, 6.45) is 0. The molecule has 0 aliphatic rings. The predicted molar refractivity (Wildman–Crippen MR) is 75.8 cm³/mol. The Labute approximate surface area is 128 Å². The van der Waals surface area contributed by atoms with E-state index in [4.69, 9.17) is 0 Å². The molecular weight excluding hydrogens is 322 g/mol. The minimum Gasteiger partial charge on any atom is -0.853 e. The molecule has 0 fully saturated rings. The van der Waals surface area contributed by atoms with E-state index >= 15 is 0 Å². The quantitative estimate of drug-likeness (QED) is 0.613. The third-order valence-electron chi connectivity index (χ3n) is 2.61. The van der Waals surface area contributed by atoms with Crippen LogP contribution < -0.4 is 5.11 Å². The summed E-state index contributed by atoms with van der Waals surface area (Å²) in [7, 11) is -2.75. The van der Waals surface area contributed by atoms with Gasteiger partial charge < -0.3 is 9.75 Å². The topological polar surface area (TPSA) is 37.2 Å². The molecule has 2 nitrogen and oxygen atoms in total. The van der Waals surface area contributed by atoms with Crippen LogP contribution in [0.2, 0.25) is 26.2 Å². The molecule has 1 aromatic carbocycles. The van der Waals surface area contributed by atoms with Crippen molar-refractivity contribution in [1.82, 2.24) is 0 Å². The second-order valence-electron chi connectivity index (χ2n) is 5.25. The predicted octanol–water partition coefficient (Wildman–Crippen LogP) is 2.63. The molecule has 1 radical (unpaired) electrons. The summed E-state index contributed by atoms with van der Waals surface area (Å²) < 4.78 is 4.65. The zero-order valence-electron chi connectivity index (χ0n) is 11.8. The van der Waals surface area contributed by atoms with Crippen molar-refractivity contribution in [1.29, 1.82) is 0 Å². The Hall–Kier alpha value is 0.587. The van der Waals surface area contributed by atoms with Gasteiger partial charge in [-0.15, -0.1) is 5.22 Å². The average Bonchev–Trinajstić information content (AvgIpc) is 2.54. The van der Waals surface area contributed by atoms with Gasteiger partial charge >= 0.3 is 26.2 Å². The van der Waals surface area contributed by atoms with Gasteiger partial charge in [-0.3, -0.25) is 0 Å². The molecule has 0 spiro atoms. The second kappa shape index (κ2) is 8.65. The summed E-state index contributed by atoms with van der Waals surface area (Å²) in [4.78, 5) is 0. The third kappa shape index (κ3) is 9.20. The van der Waals surface area contributed by atoms with Gasteiger partial charge in [-0.2, -0.15) is 18.2 Å². The van der Waals surface area contributed by atoms with Crippen LogP contribution in [0.1, 0.15) is 13.8 Å². The van der Waals surface area contributed by atoms with Crippen molar-refractivity contribution in [2.75, 3.05) is 0 Å². The normalized spacial score (nSPS) is 11.5. The van der Waals surface area contributed by atoms with Gasteiger partial charge in [0.2, 0.25) is 0 Å². The van der Waals surface area contributed by atoms with Crippen LogP contribution in [0.25, 0.3) is 4.65 Å². The van der Waals surface area contributed by atoms with Crippen molar-refractivity contribution < 1.29 is 31.3 Å². The van der Waals surface area contributed by atoms with Crippen molar-refractivity contribution in [3.05, 3.63) is 35.0 Å². The van der Waals surface area contributed by atoms with Gasteiger partial charge in [-0.05, 0) is 0 Å². The molecule has 5 heteroatoms. The summed E-state index contributed by atoms with van der Waals surface area (Å²) in [6.45, 7) is 12.0. The van der Waals surface area contributed by atoms with Crippen LogP contribution in [0.3, 0.4) is 0 Å². The van der Waals surface area contributed by atoms with Crippen molar-refractivity contribution >= 4 is 17.2 Å². The monoisotopic (exact) mass is 344 g/mol. The number of hydrogen-bond donors (Lipinski definition) is 0. The first-order valence-corrected chi connectivity index (χ1v) is 11.5. The molecule has 95 valence electrons. The van der Waals surface area contributed by atoms with E-state index in [1.54, 1.807) is 13.8 Å². The summed E-state index contributed by atoms with van der Waals surface area (Å²) in [5.41, 5.74) is 0. The van der Waals surface area contributed by atoms with Gasteiger partial charge in [0, 0.05) is 0 Å². The van der Waals surface area contributed by atoms with Crippen LogP contribution in [0.4, 0.5) is 0 Å². The summed E-state index contributed by atoms with van der Waals surface area (Å²) in [5, 5.41) is 10.8. The standard InChI is InChI=1S/C7H19NOSi2.C5H5.Zr/c1-7(2,9)11(5,6)8-10(3)4;1-2-4-5-3-1;/h10H,1-6H3;1-5H;/q-2;-1;+3. The fourth-order valence-corrected chi connectivity index (χ4v) is 7.53. The van der Waals surface area contributed by atoms with Crippen LogP contribution >= 0.6 is 0 Å². The molecular formula is C12H24NOSi2Zr. The molecule has 0 amide bonds. The van der Waals surface area contributed by atoms with E-state index in [-0.39, 0.29) is 26.2 Å². The van der Waals surface area contributed by atoms with E-state index in [0.29, 0.717) is 0 Å². The maximum Gasteiger partial charge on any atom is 3.00 e. The van der Waals surface area contributed by atoms with E-state index in [9.17, 15) is 5.11 Å². The number of rotatable bonds is 3. The first-order chi connectivity index (χ1) is 7.17. The van der Waals surface area contributed by atoms with Gasteiger partial charge in [0.25, 0.3) is 0 Å². The average molecular weight is 346 g/mol. The van der Waals surface area contributed by atoms with E-state index < -0.39 is 22.4 Å². The Morgan fingerprint density at radius 2 is 1.59 bits per heavy atom. The van der Waals surface area contributed by atoms with E-state index in [2.05, 4.69) is 30.8 Å². The van der Waals surface area contributed by atoms with Crippen molar-refractivity contribution in [3.8, 4) is 0 Å². The molecule has 0 unspecified atom stereocenters. The number of nitrogens with zero attached hydrogens (tertiary/aromatic N) is 1. The van der Waals surface area contributed by atoms with Crippen LogP contribution in [0.5, 0.6) is 0 Å². The van der Waals surface area contributed by atoms with Crippen molar-refractivity contribution in [2.45, 2.75) is 45.3 Å². The molecule has 0 saturated heterocycles. The van der Waals surface area contributed by atoms with Crippen LogP contribution in [-0.2, 0) is 26.2 Å². The second-order valence-corrected chi connectivity index (χ2v) is 12.8. The van der Waals surface area contributed by atoms with Gasteiger partial charge in [-0.1, -0.05) is 57.2 Å². The minimum absolute atomic E-state index is 0. The smallest absolute Gasteiger partial charge is 0.853 e. The maximum absolute atomic E-state index is 11.7. The van der Waals surface area contributed by atoms with Gasteiger partial charge in [-0.25, -0.2) is 12.1 Å². The maximum atomic E-state index is 11.7. The Bertz CT molecular complexity index is 251. The largest absolute Gasteiger partial charge is 3.00 e. The van der Waals surface area contributed by atoms with Gasteiger partial charge in [0.15, 0.2) is 0 Å². The first kappa shape index (κ1) is 19.9. The Morgan fingerprint density at radius 3 is 1.71 bits per heavy atom. The van der Waals surface area contributed by atoms with Crippen LogP contribution in [0, 0.1) is 0 Å². The molecule has 1 aromatic rings. The fraction of sp³-hybridized carbons (Fsp3) is 0.583. The zero-order chi connectivity index (χ0) is 12.8. The molecule has 0 atom stereocenters. The van der Waals surface area contributed by atoms with E-state index in [1.165, 1.54) is 0 Å². The summed E-state index contributed by atoms with van der Waals surface area (Å²) in [6, 6.07) is 10.0. The molecule has 0 saturated carbocycles. The Morgan fingerprint density at radius 1 is 1.18 bits per heavy atom. The minimum atomic E-state index is -1.84. The van der Waals surface area contributed by atoms with Crippen LogP contribution in [0.15, 0.2) is 30.3 Å². The molecule has 0 bridgehead atoms. The molecule has 17 heavy (non-hydrogen) atoms. The van der Waals surface area contributed by atoms with Crippen molar-refractivity contribution in [3.63, 3.8) is 0 Å². The molecule has 0 aliphatic heterocycles. The Balaban J connectivity index is 0. The summed E-state index contributed by atoms with van der Waals surface area (Å²) >= 11 is 0. The van der Waals surface area contributed by atoms with Gasteiger partial charge in [0.1, 0.15) is 0 Å². The zero-order valence-corrected chi connectivity index (χ0v) is 16.4. The number of hydrogen-bond acceptors (Lipinski definition) is 1. The molecule has 1 rings (SSSR count). The van der Waals surface area contributed by atoms with Gasteiger partial charge in [0.05, 0.1) is 0 Å².